The number of carbonyl (C=O) groups is 2. The molecule has 0 fully saturated rings. The fraction of sp³-hybridized carbons (Fsp3) is 0.200. The lowest BCUT2D eigenvalue weighted by atomic mass is 10.1. The van der Waals surface area contributed by atoms with Gasteiger partial charge in [0.05, 0.1) is 7.11 Å². The van der Waals surface area contributed by atoms with E-state index < -0.39 is 5.24 Å². The number of rotatable bonds is 3. The number of ether oxygens (including phenoxy) is 1. The van der Waals surface area contributed by atoms with Gasteiger partial charge in [0.1, 0.15) is 5.75 Å². The molecular weight excluding hydrogens is 204 g/mol. The van der Waals surface area contributed by atoms with Crippen molar-refractivity contribution >= 4 is 22.6 Å². The Balaban J connectivity index is 3.31. The number of halogens is 1. The van der Waals surface area contributed by atoms with Crippen LogP contribution in [0, 0.1) is 0 Å². The molecule has 0 aromatic heterocycles. The molecule has 1 aromatic carbocycles. The summed E-state index contributed by atoms with van der Waals surface area (Å²) >= 11 is 5.32. The fourth-order valence-corrected chi connectivity index (χ4v) is 1.28. The molecule has 0 radical (unpaired) electrons. The minimum absolute atomic E-state index is 0.208. The van der Waals surface area contributed by atoms with Crippen LogP contribution in [0.1, 0.15) is 27.6 Å². The number of methoxy groups -OCH3 is 1. The zero-order valence-electron chi connectivity index (χ0n) is 7.83. The predicted molar refractivity (Wildman–Crippen MR) is 53.2 cm³/mol. The summed E-state index contributed by atoms with van der Waals surface area (Å²) in [4.78, 5) is 22.1. The standard InChI is InChI=1S/C10H9ClO3/c1-6(12)9-5-7(14-2)3-4-8(9)10(11)13/h3-5H,1-2H3. The predicted octanol–water partition coefficient (Wildman–Crippen LogP) is 2.28. The van der Waals surface area contributed by atoms with Crippen LogP contribution >= 0.6 is 11.6 Å². The monoisotopic (exact) mass is 212 g/mol. The van der Waals surface area contributed by atoms with Gasteiger partial charge in [0.2, 0.25) is 0 Å². The number of carbonyl (C=O) groups excluding carboxylic acids is 2. The van der Waals surface area contributed by atoms with E-state index in [-0.39, 0.29) is 16.9 Å². The smallest absolute Gasteiger partial charge is 0.253 e. The lowest BCUT2D eigenvalue weighted by molar-refractivity contribution is 0.100. The highest BCUT2D eigenvalue weighted by Gasteiger charge is 2.13. The first-order chi connectivity index (χ1) is 6.56. The van der Waals surface area contributed by atoms with Gasteiger partial charge >= 0.3 is 0 Å². The van der Waals surface area contributed by atoms with Crippen molar-refractivity contribution in [3.63, 3.8) is 0 Å². The summed E-state index contributed by atoms with van der Waals surface area (Å²) < 4.78 is 4.93. The molecular formula is C10H9ClO3. The zero-order valence-corrected chi connectivity index (χ0v) is 8.59. The van der Waals surface area contributed by atoms with Crippen molar-refractivity contribution in [1.29, 1.82) is 0 Å². The maximum absolute atomic E-state index is 11.2. The van der Waals surface area contributed by atoms with Crippen LogP contribution in [0.15, 0.2) is 18.2 Å². The van der Waals surface area contributed by atoms with Crippen LogP contribution in [0.3, 0.4) is 0 Å². The summed E-state index contributed by atoms with van der Waals surface area (Å²) in [5.41, 5.74) is 0.490. The van der Waals surface area contributed by atoms with E-state index >= 15 is 0 Å². The molecule has 1 rings (SSSR count). The van der Waals surface area contributed by atoms with E-state index in [9.17, 15) is 9.59 Å². The molecule has 1 aromatic rings. The van der Waals surface area contributed by atoms with Crippen molar-refractivity contribution in [2.24, 2.45) is 0 Å². The van der Waals surface area contributed by atoms with E-state index in [1.165, 1.54) is 26.2 Å². The number of ketones is 1. The molecule has 0 amide bonds. The van der Waals surface area contributed by atoms with E-state index in [0.717, 1.165) is 0 Å². The largest absolute Gasteiger partial charge is 0.497 e. The third-order valence-corrected chi connectivity index (χ3v) is 2.02. The van der Waals surface area contributed by atoms with Gasteiger partial charge in [-0.3, -0.25) is 9.59 Å². The minimum Gasteiger partial charge on any atom is -0.497 e. The summed E-state index contributed by atoms with van der Waals surface area (Å²) in [6, 6.07) is 4.56. The molecule has 0 N–H and O–H groups in total. The normalized spacial score (nSPS) is 9.64. The van der Waals surface area contributed by atoms with Gasteiger partial charge in [-0.05, 0) is 36.7 Å². The van der Waals surface area contributed by atoms with Crippen LogP contribution < -0.4 is 4.74 Å². The Morgan fingerprint density at radius 3 is 2.36 bits per heavy atom. The SMILES string of the molecule is COc1ccc(C(=O)Cl)c(C(C)=O)c1. The summed E-state index contributed by atoms with van der Waals surface area (Å²) in [5, 5.41) is -0.641. The average Bonchev–Trinajstić information content (AvgIpc) is 2.16. The van der Waals surface area contributed by atoms with Gasteiger partial charge in [-0.1, -0.05) is 0 Å². The Kier molecular flexibility index (Phi) is 3.25. The van der Waals surface area contributed by atoms with E-state index in [1.54, 1.807) is 6.07 Å². The van der Waals surface area contributed by atoms with Gasteiger partial charge in [0.15, 0.2) is 5.78 Å². The molecule has 4 heteroatoms. The summed E-state index contributed by atoms with van der Waals surface area (Å²) in [6.45, 7) is 1.37. The topological polar surface area (TPSA) is 43.4 Å². The van der Waals surface area contributed by atoms with Crippen LogP contribution in [0.5, 0.6) is 5.75 Å². The lowest BCUT2D eigenvalue weighted by Gasteiger charge is -2.05. The summed E-state index contributed by atoms with van der Waals surface area (Å²) in [7, 11) is 1.49. The maximum atomic E-state index is 11.2. The lowest BCUT2D eigenvalue weighted by Crippen LogP contribution is -2.02. The van der Waals surface area contributed by atoms with Gasteiger partial charge in [-0.25, -0.2) is 0 Å². The number of benzene rings is 1. The third kappa shape index (κ3) is 2.12. The number of hydrogen-bond acceptors (Lipinski definition) is 3. The second kappa shape index (κ2) is 4.24. The Labute approximate surface area is 86.6 Å². The molecule has 0 spiro atoms. The van der Waals surface area contributed by atoms with E-state index in [0.29, 0.717) is 5.75 Å². The highest BCUT2D eigenvalue weighted by Crippen LogP contribution is 2.19. The summed E-state index contributed by atoms with van der Waals surface area (Å²) in [5.74, 6) is 0.310. The second-order valence-corrected chi connectivity index (χ2v) is 3.08. The third-order valence-electron chi connectivity index (χ3n) is 1.82. The molecule has 0 atom stereocenters. The Hall–Kier alpha value is -1.35. The highest BCUT2D eigenvalue weighted by atomic mass is 35.5. The van der Waals surface area contributed by atoms with Crippen molar-refractivity contribution in [3.05, 3.63) is 29.3 Å². The van der Waals surface area contributed by atoms with Crippen LogP contribution in [0.25, 0.3) is 0 Å². The molecule has 0 aliphatic rings. The Bertz CT molecular complexity index is 385. The van der Waals surface area contributed by atoms with Crippen molar-refractivity contribution in [1.82, 2.24) is 0 Å². The van der Waals surface area contributed by atoms with Gasteiger partial charge in [-0.2, -0.15) is 0 Å². The van der Waals surface area contributed by atoms with Crippen LogP contribution in [0.4, 0.5) is 0 Å². The first kappa shape index (κ1) is 10.7. The number of hydrogen-bond donors (Lipinski definition) is 0. The van der Waals surface area contributed by atoms with Crippen LogP contribution in [-0.4, -0.2) is 18.1 Å². The van der Waals surface area contributed by atoms with Crippen molar-refractivity contribution in [2.75, 3.05) is 7.11 Å². The van der Waals surface area contributed by atoms with Crippen molar-refractivity contribution in [2.45, 2.75) is 6.92 Å². The molecule has 0 saturated heterocycles. The first-order valence-corrected chi connectivity index (χ1v) is 4.33. The zero-order chi connectivity index (χ0) is 10.7. The quantitative estimate of drug-likeness (QED) is 0.570. The Morgan fingerprint density at radius 2 is 1.93 bits per heavy atom. The molecule has 14 heavy (non-hydrogen) atoms. The van der Waals surface area contributed by atoms with E-state index in [1.807, 2.05) is 0 Å². The summed E-state index contributed by atoms with van der Waals surface area (Å²) in [6.07, 6.45) is 0. The maximum Gasteiger partial charge on any atom is 0.253 e. The van der Waals surface area contributed by atoms with Gasteiger partial charge in [0, 0.05) is 11.1 Å². The molecule has 0 heterocycles. The van der Waals surface area contributed by atoms with Crippen LogP contribution in [-0.2, 0) is 0 Å². The van der Waals surface area contributed by atoms with Crippen molar-refractivity contribution < 1.29 is 14.3 Å². The molecule has 0 aliphatic heterocycles. The van der Waals surface area contributed by atoms with Gasteiger partial charge in [-0.15, -0.1) is 0 Å². The fourth-order valence-electron chi connectivity index (χ4n) is 1.11. The molecule has 0 saturated carbocycles. The van der Waals surface area contributed by atoms with E-state index in [4.69, 9.17) is 16.3 Å². The van der Waals surface area contributed by atoms with Crippen LogP contribution in [0.2, 0.25) is 0 Å². The minimum atomic E-state index is -0.641. The first-order valence-electron chi connectivity index (χ1n) is 3.95. The Morgan fingerprint density at radius 1 is 1.29 bits per heavy atom. The van der Waals surface area contributed by atoms with Crippen molar-refractivity contribution in [3.8, 4) is 5.75 Å². The van der Waals surface area contributed by atoms with E-state index in [2.05, 4.69) is 0 Å². The molecule has 74 valence electrons. The average molecular weight is 213 g/mol. The highest BCUT2D eigenvalue weighted by molar-refractivity contribution is 6.68. The van der Waals surface area contributed by atoms with Gasteiger partial charge in [0.25, 0.3) is 5.24 Å². The molecule has 0 unspecified atom stereocenters. The number of Topliss-reactive ketones (excluding diaryl/α,β-unsaturated/α-hetero) is 1. The molecule has 3 nitrogen and oxygen atoms in total. The second-order valence-electron chi connectivity index (χ2n) is 2.74. The molecule has 0 aliphatic carbocycles. The van der Waals surface area contributed by atoms with Gasteiger partial charge < -0.3 is 4.74 Å². The molecule has 0 bridgehead atoms.